The van der Waals surface area contributed by atoms with Crippen molar-refractivity contribution in [3.05, 3.63) is 35.9 Å². The summed E-state index contributed by atoms with van der Waals surface area (Å²) in [4.78, 5) is 18.1. The number of methoxy groups -OCH3 is 1. The van der Waals surface area contributed by atoms with E-state index in [-0.39, 0.29) is 5.97 Å². The number of nitrogens with zero attached hydrogens (tertiary/aromatic N) is 3. The molecular formula is C13H17N3O2. The molecule has 0 saturated carbocycles. The third kappa shape index (κ3) is 2.36. The van der Waals surface area contributed by atoms with Gasteiger partial charge in [-0.3, -0.25) is 0 Å². The van der Waals surface area contributed by atoms with Crippen molar-refractivity contribution in [1.29, 1.82) is 0 Å². The standard InChI is InChI=1S/C13H17N3O2/c1-15(2)8-6-12-14-9-11-10(13(17)18-3)5-4-7-16(11)12/h4-5,7,9H,6,8H2,1-3H3. The number of esters is 1. The molecule has 2 rings (SSSR count). The Morgan fingerprint density at radius 2 is 2.28 bits per heavy atom. The summed E-state index contributed by atoms with van der Waals surface area (Å²) in [5.41, 5.74) is 1.33. The number of rotatable bonds is 4. The average molecular weight is 247 g/mol. The number of hydrogen-bond donors (Lipinski definition) is 0. The third-order valence-corrected chi connectivity index (χ3v) is 2.84. The van der Waals surface area contributed by atoms with E-state index < -0.39 is 0 Å². The molecule has 0 aromatic carbocycles. The molecular weight excluding hydrogens is 230 g/mol. The van der Waals surface area contributed by atoms with Crippen LogP contribution in [0.5, 0.6) is 0 Å². The van der Waals surface area contributed by atoms with Crippen LogP contribution in [-0.4, -0.2) is 48.0 Å². The van der Waals surface area contributed by atoms with Crippen LogP contribution >= 0.6 is 0 Å². The Bertz CT molecular complexity index is 560. The summed E-state index contributed by atoms with van der Waals surface area (Å²) in [6, 6.07) is 3.58. The largest absolute Gasteiger partial charge is 0.465 e. The average Bonchev–Trinajstić information content (AvgIpc) is 2.78. The highest BCUT2D eigenvalue weighted by Gasteiger charge is 2.13. The van der Waals surface area contributed by atoms with Crippen molar-refractivity contribution < 1.29 is 9.53 Å². The number of fused-ring (bicyclic) bond motifs is 1. The van der Waals surface area contributed by atoms with E-state index in [9.17, 15) is 4.79 Å². The molecule has 0 aliphatic rings. The van der Waals surface area contributed by atoms with Gasteiger partial charge >= 0.3 is 5.97 Å². The zero-order valence-corrected chi connectivity index (χ0v) is 10.9. The second kappa shape index (κ2) is 5.18. The first-order chi connectivity index (χ1) is 8.63. The number of carbonyl (C=O) groups is 1. The van der Waals surface area contributed by atoms with Crippen molar-refractivity contribution >= 4 is 11.5 Å². The molecule has 2 aromatic rings. The lowest BCUT2D eigenvalue weighted by atomic mass is 10.2. The smallest absolute Gasteiger partial charge is 0.340 e. The van der Waals surface area contributed by atoms with Gasteiger partial charge in [0.2, 0.25) is 0 Å². The number of imidazole rings is 1. The van der Waals surface area contributed by atoms with Gasteiger partial charge in [0.15, 0.2) is 0 Å². The van der Waals surface area contributed by atoms with Crippen LogP contribution in [0.2, 0.25) is 0 Å². The maximum Gasteiger partial charge on any atom is 0.340 e. The first-order valence-corrected chi connectivity index (χ1v) is 5.81. The molecule has 18 heavy (non-hydrogen) atoms. The Kier molecular flexibility index (Phi) is 3.62. The maximum absolute atomic E-state index is 11.6. The highest BCUT2D eigenvalue weighted by Crippen LogP contribution is 2.14. The van der Waals surface area contributed by atoms with Crippen LogP contribution < -0.4 is 0 Å². The van der Waals surface area contributed by atoms with E-state index in [0.717, 1.165) is 24.3 Å². The molecule has 0 spiro atoms. The zero-order chi connectivity index (χ0) is 13.1. The Morgan fingerprint density at radius 1 is 1.50 bits per heavy atom. The number of carbonyl (C=O) groups excluding carboxylic acids is 1. The second-order valence-corrected chi connectivity index (χ2v) is 4.40. The first-order valence-electron chi connectivity index (χ1n) is 5.81. The lowest BCUT2D eigenvalue weighted by Gasteiger charge is -2.08. The third-order valence-electron chi connectivity index (χ3n) is 2.84. The predicted octanol–water partition coefficient (Wildman–Crippen LogP) is 1.22. The summed E-state index contributed by atoms with van der Waals surface area (Å²) in [5.74, 6) is 0.615. The van der Waals surface area contributed by atoms with Crippen LogP contribution in [-0.2, 0) is 11.2 Å². The zero-order valence-electron chi connectivity index (χ0n) is 10.9. The van der Waals surface area contributed by atoms with E-state index in [0.29, 0.717) is 5.56 Å². The van der Waals surface area contributed by atoms with Gasteiger partial charge in [-0.25, -0.2) is 9.78 Å². The molecule has 5 heteroatoms. The summed E-state index contributed by atoms with van der Waals surface area (Å²) in [5, 5.41) is 0. The highest BCUT2D eigenvalue weighted by atomic mass is 16.5. The Hall–Kier alpha value is -1.88. The molecule has 0 atom stereocenters. The monoisotopic (exact) mass is 247 g/mol. The summed E-state index contributed by atoms with van der Waals surface area (Å²) in [6.07, 6.45) is 4.48. The molecule has 0 radical (unpaired) electrons. The predicted molar refractivity (Wildman–Crippen MR) is 68.8 cm³/mol. The van der Waals surface area contributed by atoms with Crippen LogP contribution in [0.1, 0.15) is 16.2 Å². The fourth-order valence-corrected chi connectivity index (χ4v) is 1.87. The minimum Gasteiger partial charge on any atom is -0.465 e. The lowest BCUT2D eigenvalue weighted by Crippen LogP contribution is -2.16. The van der Waals surface area contributed by atoms with Gasteiger partial charge in [-0.15, -0.1) is 0 Å². The molecule has 0 saturated heterocycles. The molecule has 0 amide bonds. The van der Waals surface area contributed by atoms with Crippen molar-refractivity contribution in [3.8, 4) is 0 Å². The van der Waals surface area contributed by atoms with E-state index in [1.165, 1.54) is 7.11 Å². The molecule has 0 aliphatic carbocycles. The molecule has 0 bridgehead atoms. The topological polar surface area (TPSA) is 46.8 Å². The molecule has 2 heterocycles. The van der Waals surface area contributed by atoms with Crippen LogP contribution in [0, 0.1) is 0 Å². The summed E-state index contributed by atoms with van der Waals surface area (Å²) < 4.78 is 6.70. The van der Waals surface area contributed by atoms with Crippen molar-refractivity contribution in [2.45, 2.75) is 6.42 Å². The van der Waals surface area contributed by atoms with Crippen LogP contribution in [0.15, 0.2) is 24.5 Å². The molecule has 0 aliphatic heterocycles. The molecule has 96 valence electrons. The first kappa shape index (κ1) is 12.6. The van der Waals surface area contributed by atoms with Gasteiger partial charge in [-0.2, -0.15) is 0 Å². The van der Waals surface area contributed by atoms with Gasteiger partial charge in [-0.05, 0) is 26.2 Å². The van der Waals surface area contributed by atoms with Gasteiger partial charge in [-0.1, -0.05) is 0 Å². The van der Waals surface area contributed by atoms with Gasteiger partial charge in [0.25, 0.3) is 0 Å². The normalized spacial score (nSPS) is 11.1. The van der Waals surface area contributed by atoms with E-state index in [2.05, 4.69) is 9.88 Å². The number of likely N-dealkylation sites (N-methyl/N-ethyl adjacent to an activating group) is 1. The van der Waals surface area contributed by atoms with Crippen molar-refractivity contribution in [3.63, 3.8) is 0 Å². The van der Waals surface area contributed by atoms with Gasteiger partial charge in [0, 0.05) is 19.2 Å². The Labute approximate surface area is 106 Å². The number of ether oxygens (including phenoxy) is 1. The van der Waals surface area contributed by atoms with Crippen molar-refractivity contribution in [2.24, 2.45) is 0 Å². The van der Waals surface area contributed by atoms with E-state index in [4.69, 9.17) is 4.74 Å². The lowest BCUT2D eigenvalue weighted by molar-refractivity contribution is 0.0602. The molecule has 2 aromatic heterocycles. The number of pyridine rings is 1. The van der Waals surface area contributed by atoms with Crippen LogP contribution in [0.4, 0.5) is 0 Å². The fourth-order valence-electron chi connectivity index (χ4n) is 1.87. The number of aromatic nitrogens is 2. The van der Waals surface area contributed by atoms with Gasteiger partial charge < -0.3 is 14.0 Å². The fraction of sp³-hybridized carbons (Fsp3) is 0.385. The van der Waals surface area contributed by atoms with Gasteiger partial charge in [0.1, 0.15) is 5.82 Å². The van der Waals surface area contributed by atoms with E-state index >= 15 is 0 Å². The summed E-state index contributed by atoms with van der Waals surface area (Å²) in [7, 11) is 5.43. The van der Waals surface area contributed by atoms with Gasteiger partial charge in [0.05, 0.1) is 24.4 Å². The minimum atomic E-state index is -0.334. The van der Waals surface area contributed by atoms with Crippen molar-refractivity contribution in [2.75, 3.05) is 27.7 Å². The molecule has 0 fully saturated rings. The SMILES string of the molecule is COC(=O)c1cccn2c(CCN(C)C)ncc12. The molecule has 0 N–H and O–H groups in total. The quantitative estimate of drug-likeness (QED) is 0.762. The Balaban J connectivity index is 2.39. The van der Waals surface area contributed by atoms with Crippen LogP contribution in [0.3, 0.4) is 0 Å². The maximum atomic E-state index is 11.6. The van der Waals surface area contributed by atoms with Crippen molar-refractivity contribution in [1.82, 2.24) is 14.3 Å². The molecule has 5 nitrogen and oxygen atoms in total. The molecule has 0 unspecified atom stereocenters. The van der Waals surface area contributed by atoms with E-state index in [1.807, 2.05) is 30.8 Å². The van der Waals surface area contributed by atoms with E-state index in [1.54, 1.807) is 12.3 Å². The second-order valence-electron chi connectivity index (χ2n) is 4.40. The minimum absolute atomic E-state index is 0.334. The Morgan fingerprint density at radius 3 is 2.94 bits per heavy atom. The summed E-state index contributed by atoms with van der Waals surface area (Å²) in [6.45, 7) is 0.918. The summed E-state index contributed by atoms with van der Waals surface area (Å²) >= 11 is 0. The highest BCUT2D eigenvalue weighted by molar-refractivity contribution is 5.96. The number of hydrogen-bond acceptors (Lipinski definition) is 4. The van der Waals surface area contributed by atoms with Crippen LogP contribution in [0.25, 0.3) is 5.52 Å².